The summed E-state index contributed by atoms with van der Waals surface area (Å²) in [5.74, 6) is 0.506. The molecular weight excluding hydrogens is 323 g/mol. The normalized spacial score (nSPS) is 18.2. The molecule has 2 heterocycles. The zero-order valence-electron chi connectivity index (χ0n) is 14.3. The fraction of sp³-hybridized carbons (Fsp3) is 0.444. The highest BCUT2D eigenvalue weighted by molar-refractivity contribution is 5.72. The lowest BCUT2D eigenvalue weighted by molar-refractivity contribution is -0.119. The van der Waals surface area contributed by atoms with Crippen LogP contribution in [0.25, 0.3) is 0 Å². The zero-order chi connectivity index (χ0) is 17.6. The van der Waals surface area contributed by atoms with Gasteiger partial charge in [-0.05, 0) is 24.1 Å². The first-order chi connectivity index (χ1) is 12.1. The summed E-state index contributed by atoms with van der Waals surface area (Å²) in [7, 11) is 0. The molecule has 0 saturated carbocycles. The Morgan fingerprint density at radius 3 is 3.00 bits per heavy atom. The van der Waals surface area contributed by atoms with Gasteiger partial charge in [-0.25, -0.2) is 9.37 Å². The van der Waals surface area contributed by atoms with Gasteiger partial charge in [0.15, 0.2) is 0 Å². The molecule has 134 valence electrons. The average molecular weight is 346 g/mol. The van der Waals surface area contributed by atoms with Gasteiger partial charge in [-0.1, -0.05) is 12.1 Å². The van der Waals surface area contributed by atoms with Crippen molar-refractivity contribution in [2.75, 3.05) is 26.2 Å². The summed E-state index contributed by atoms with van der Waals surface area (Å²) in [6.07, 6.45) is 2.50. The number of nitrogens with zero attached hydrogens (tertiary/aromatic N) is 2. The van der Waals surface area contributed by atoms with Crippen molar-refractivity contribution in [3.8, 4) is 0 Å². The van der Waals surface area contributed by atoms with E-state index in [-0.39, 0.29) is 17.8 Å². The molecule has 0 aliphatic carbocycles. The van der Waals surface area contributed by atoms with Crippen LogP contribution in [0.5, 0.6) is 0 Å². The number of halogens is 1. The molecule has 0 radical (unpaired) electrons. The van der Waals surface area contributed by atoms with E-state index in [0.717, 1.165) is 43.1 Å². The summed E-state index contributed by atoms with van der Waals surface area (Å²) in [6, 6.07) is 6.65. The maximum absolute atomic E-state index is 13.0. The van der Waals surface area contributed by atoms with Crippen LogP contribution < -0.4 is 5.32 Å². The number of aromatic amines is 1. The van der Waals surface area contributed by atoms with Crippen LogP contribution >= 0.6 is 0 Å². The van der Waals surface area contributed by atoms with Crippen LogP contribution in [-0.4, -0.2) is 47.0 Å². The number of benzene rings is 1. The van der Waals surface area contributed by atoms with Gasteiger partial charge in [0.05, 0.1) is 25.0 Å². The monoisotopic (exact) mass is 346 g/mol. The smallest absolute Gasteiger partial charge is 0.217 e. The van der Waals surface area contributed by atoms with Crippen molar-refractivity contribution in [3.05, 3.63) is 53.4 Å². The van der Waals surface area contributed by atoms with Gasteiger partial charge in [0, 0.05) is 26.6 Å². The summed E-state index contributed by atoms with van der Waals surface area (Å²) in [4.78, 5) is 20.9. The number of ether oxygens (including phenoxy) is 1. The predicted molar refractivity (Wildman–Crippen MR) is 91.3 cm³/mol. The second-order valence-corrected chi connectivity index (χ2v) is 6.24. The average Bonchev–Trinajstić information content (AvgIpc) is 3.09. The number of aromatic nitrogens is 2. The predicted octanol–water partition coefficient (Wildman–Crippen LogP) is 1.80. The molecule has 25 heavy (non-hydrogen) atoms. The molecule has 1 aliphatic heterocycles. The van der Waals surface area contributed by atoms with Gasteiger partial charge >= 0.3 is 0 Å². The van der Waals surface area contributed by atoms with Crippen molar-refractivity contribution < 1.29 is 13.9 Å². The van der Waals surface area contributed by atoms with Gasteiger partial charge in [-0.2, -0.15) is 0 Å². The number of carbonyl (C=O) groups excluding carboxylic acids is 1. The fourth-order valence-corrected chi connectivity index (χ4v) is 2.86. The molecule has 1 aliphatic rings. The Balaban J connectivity index is 1.52. The molecule has 0 bridgehead atoms. The first-order valence-electron chi connectivity index (χ1n) is 8.47. The van der Waals surface area contributed by atoms with Crippen molar-refractivity contribution in [3.63, 3.8) is 0 Å². The fourth-order valence-electron chi connectivity index (χ4n) is 2.86. The highest BCUT2D eigenvalue weighted by Gasteiger charge is 2.24. The van der Waals surface area contributed by atoms with Crippen LogP contribution in [0.4, 0.5) is 4.39 Å². The second kappa shape index (κ2) is 8.22. The molecule has 7 heteroatoms. The van der Waals surface area contributed by atoms with Crippen molar-refractivity contribution in [2.24, 2.45) is 0 Å². The summed E-state index contributed by atoms with van der Waals surface area (Å²) in [6.45, 7) is 5.09. The minimum atomic E-state index is -0.205. The largest absolute Gasteiger partial charge is 0.368 e. The quantitative estimate of drug-likeness (QED) is 0.837. The van der Waals surface area contributed by atoms with E-state index in [1.165, 1.54) is 19.1 Å². The number of carbonyl (C=O) groups is 1. The molecule has 2 N–H and O–H groups in total. The minimum Gasteiger partial charge on any atom is -0.368 e. The van der Waals surface area contributed by atoms with Crippen molar-refractivity contribution in [1.29, 1.82) is 0 Å². The summed E-state index contributed by atoms with van der Waals surface area (Å²) < 4.78 is 18.8. The lowest BCUT2D eigenvalue weighted by Crippen LogP contribution is -2.39. The summed E-state index contributed by atoms with van der Waals surface area (Å²) in [5, 5.41) is 2.74. The molecule has 1 atom stereocenters. The zero-order valence-corrected chi connectivity index (χ0v) is 14.3. The van der Waals surface area contributed by atoms with Gasteiger partial charge in [-0.15, -0.1) is 0 Å². The number of hydrogen-bond donors (Lipinski definition) is 2. The maximum Gasteiger partial charge on any atom is 0.217 e. The highest BCUT2D eigenvalue weighted by atomic mass is 19.1. The molecule has 2 aromatic rings. The molecule has 1 saturated heterocycles. The number of nitrogens with one attached hydrogen (secondary N) is 2. The topological polar surface area (TPSA) is 70.2 Å². The molecule has 1 fully saturated rings. The molecule has 3 rings (SSSR count). The number of rotatable bonds is 6. The molecule has 1 aromatic carbocycles. The molecule has 1 amide bonds. The SMILES string of the molecule is CC(=O)NCc1cnc([C@@H]2CN(CCc3ccc(F)cc3)CCO2)[nH]1. The third kappa shape index (κ3) is 5.11. The molecular formula is C18H23FN4O2. The van der Waals surface area contributed by atoms with E-state index in [1.54, 1.807) is 6.20 Å². The van der Waals surface area contributed by atoms with Crippen LogP contribution in [-0.2, 0) is 22.5 Å². The van der Waals surface area contributed by atoms with E-state index in [2.05, 4.69) is 20.2 Å². The highest BCUT2D eigenvalue weighted by Crippen LogP contribution is 2.20. The number of imidazole rings is 1. The van der Waals surface area contributed by atoms with Crippen molar-refractivity contribution in [1.82, 2.24) is 20.2 Å². The first-order valence-corrected chi connectivity index (χ1v) is 8.47. The Labute approximate surface area is 146 Å². The van der Waals surface area contributed by atoms with Gasteiger partial charge in [0.1, 0.15) is 17.7 Å². The number of morpholine rings is 1. The Morgan fingerprint density at radius 2 is 2.24 bits per heavy atom. The van der Waals surface area contributed by atoms with E-state index in [1.807, 2.05) is 12.1 Å². The summed E-state index contributed by atoms with van der Waals surface area (Å²) in [5.41, 5.74) is 1.98. The number of amides is 1. The lowest BCUT2D eigenvalue weighted by Gasteiger charge is -2.32. The molecule has 1 aromatic heterocycles. The lowest BCUT2D eigenvalue weighted by atomic mass is 10.1. The van der Waals surface area contributed by atoms with Crippen LogP contribution in [0, 0.1) is 5.82 Å². The van der Waals surface area contributed by atoms with Crippen LogP contribution in [0.2, 0.25) is 0 Å². The Bertz CT molecular complexity index is 701. The third-order valence-electron chi connectivity index (χ3n) is 4.26. The van der Waals surface area contributed by atoms with E-state index in [9.17, 15) is 9.18 Å². The maximum atomic E-state index is 13.0. The Hall–Kier alpha value is -2.25. The van der Waals surface area contributed by atoms with E-state index >= 15 is 0 Å². The summed E-state index contributed by atoms with van der Waals surface area (Å²) >= 11 is 0. The number of hydrogen-bond acceptors (Lipinski definition) is 4. The van der Waals surface area contributed by atoms with E-state index in [0.29, 0.717) is 13.2 Å². The van der Waals surface area contributed by atoms with E-state index in [4.69, 9.17) is 4.74 Å². The van der Waals surface area contributed by atoms with E-state index < -0.39 is 0 Å². The second-order valence-electron chi connectivity index (χ2n) is 6.24. The van der Waals surface area contributed by atoms with Gasteiger partial charge in [0.25, 0.3) is 0 Å². The van der Waals surface area contributed by atoms with Crippen molar-refractivity contribution in [2.45, 2.75) is 26.0 Å². The Morgan fingerprint density at radius 1 is 1.44 bits per heavy atom. The molecule has 0 unspecified atom stereocenters. The standard InChI is InChI=1S/C18H23FN4O2/c1-13(24)20-10-16-11-21-18(22-16)17-12-23(8-9-25-17)7-6-14-2-4-15(19)5-3-14/h2-5,11,17H,6-10,12H2,1H3,(H,20,24)(H,21,22)/t17-/m0/s1. The molecule has 0 spiro atoms. The number of H-pyrrole nitrogens is 1. The van der Waals surface area contributed by atoms with Crippen molar-refractivity contribution >= 4 is 5.91 Å². The van der Waals surface area contributed by atoms with Gasteiger partial charge < -0.3 is 15.0 Å². The van der Waals surface area contributed by atoms with Crippen LogP contribution in [0.3, 0.4) is 0 Å². The molecule has 6 nitrogen and oxygen atoms in total. The minimum absolute atomic E-state index is 0.0722. The van der Waals surface area contributed by atoms with Gasteiger partial charge in [0.2, 0.25) is 5.91 Å². The first kappa shape index (κ1) is 17.6. The Kier molecular flexibility index (Phi) is 5.78. The third-order valence-corrected chi connectivity index (χ3v) is 4.26. The van der Waals surface area contributed by atoms with Crippen LogP contribution in [0.1, 0.15) is 30.1 Å². The van der Waals surface area contributed by atoms with Gasteiger partial charge in [-0.3, -0.25) is 9.69 Å². The van der Waals surface area contributed by atoms with Crippen LogP contribution in [0.15, 0.2) is 30.5 Å².